The van der Waals surface area contributed by atoms with Crippen LogP contribution in [0.25, 0.3) is 0 Å². The molecular formula is C16H20N4O5. The van der Waals surface area contributed by atoms with E-state index < -0.39 is 0 Å². The first kappa shape index (κ1) is 16.9. The van der Waals surface area contributed by atoms with Crippen molar-refractivity contribution in [3.8, 4) is 11.5 Å². The Kier molecular flexibility index (Phi) is 4.64. The first-order valence-corrected chi connectivity index (χ1v) is 7.87. The topological polar surface area (TPSA) is 100 Å². The second-order valence-corrected chi connectivity index (χ2v) is 5.83. The number of urea groups is 2. The fourth-order valence-electron chi connectivity index (χ4n) is 2.87. The van der Waals surface area contributed by atoms with E-state index in [1.54, 1.807) is 31.3 Å². The standard InChI is InChI=1S/C16H20N4O5/c1-24-12-4-3-10(5-13(12)25-2)6-17-15(22)19-8-11(9-19)20-14(21)7-18-16(20)23/h3-5,11H,6-9H2,1-2H3,(H,17,22)(H,18,23). The molecule has 2 heterocycles. The number of rotatable bonds is 5. The van der Waals surface area contributed by atoms with Crippen LogP contribution in [0.15, 0.2) is 18.2 Å². The molecule has 5 amide bonds. The molecule has 134 valence electrons. The highest BCUT2D eigenvalue weighted by atomic mass is 16.5. The van der Waals surface area contributed by atoms with Gasteiger partial charge in [-0.2, -0.15) is 0 Å². The van der Waals surface area contributed by atoms with Gasteiger partial charge in [0.2, 0.25) is 5.91 Å². The number of hydrogen-bond donors (Lipinski definition) is 2. The number of amides is 5. The molecule has 0 aromatic heterocycles. The van der Waals surface area contributed by atoms with E-state index in [-0.39, 0.29) is 30.6 Å². The number of nitrogens with zero attached hydrogens (tertiary/aromatic N) is 2. The first-order chi connectivity index (χ1) is 12.0. The second kappa shape index (κ2) is 6.88. The molecule has 9 heteroatoms. The molecule has 2 aliphatic rings. The molecule has 0 spiro atoms. The number of carbonyl (C=O) groups excluding carboxylic acids is 3. The van der Waals surface area contributed by atoms with Gasteiger partial charge in [0.05, 0.1) is 26.8 Å². The third-order valence-electron chi connectivity index (χ3n) is 4.28. The highest BCUT2D eigenvalue weighted by Gasteiger charge is 2.42. The van der Waals surface area contributed by atoms with Crippen molar-refractivity contribution in [1.29, 1.82) is 0 Å². The molecule has 2 fully saturated rings. The molecule has 0 bridgehead atoms. The molecule has 0 aliphatic carbocycles. The molecule has 0 radical (unpaired) electrons. The van der Waals surface area contributed by atoms with E-state index in [4.69, 9.17) is 9.47 Å². The number of ether oxygens (including phenoxy) is 2. The summed E-state index contributed by atoms with van der Waals surface area (Å²) in [5, 5.41) is 5.29. The van der Waals surface area contributed by atoms with E-state index in [2.05, 4.69) is 10.6 Å². The Labute approximate surface area is 144 Å². The molecule has 2 saturated heterocycles. The SMILES string of the molecule is COc1ccc(CNC(=O)N2CC(N3C(=O)CNC3=O)C2)cc1OC. The summed E-state index contributed by atoms with van der Waals surface area (Å²) in [4.78, 5) is 38.1. The average molecular weight is 348 g/mol. The van der Waals surface area contributed by atoms with Gasteiger partial charge in [-0.05, 0) is 17.7 Å². The van der Waals surface area contributed by atoms with E-state index in [0.717, 1.165) is 5.56 Å². The highest BCUT2D eigenvalue weighted by molar-refractivity contribution is 6.02. The van der Waals surface area contributed by atoms with Crippen LogP contribution in [-0.2, 0) is 11.3 Å². The van der Waals surface area contributed by atoms with Crippen molar-refractivity contribution in [3.63, 3.8) is 0 Å². The van der Waals surface area contributed by atoms with Crippen LogP contribution in [0.2, 0.25) is 0 Å². The van der Waals surface area contributed by atoms with Crippen LogP contribution in [-0.4, -0.2) is 67.7 Å². The monoisotopic (exact) mass is 348 g/mol. The van der Waals surface area contributed by atoms with Gasteiger partial charge >= 0.3 is 12.1 Å². The third kappa shape index (κ3) is 3.30. The number of nitrogens with one attached hydrogen (secondary N) is 2. The maximum absolute atomic E-state index is 12.2. The van der Waals surface area contributed by atoms with Crippen LogP contribution in [0, 0.1) is 0 Å². The van der Waals surface area contributed by atoms with Gasteiger partial charge in [0, 0.05) is 19.6 Å². The highest BCUT2D eigenvalue weighted by Crippen LogP contribution is 2.27. The minimum atomic E-state index is -0.389. The third-order valence-corrected chi connectivity index (χ3v) is 4.28. The summed E-state index contributed by atoms with van der Waals surface area (Å²) >= 11 is 0. The summed E-state index contributed by atoms with van der Waals surface area (Å²) < 4.78 is 10.4. The van der Waals surface area contributed by atoms with Gasteiger partial charge in [0.1, 0.15) is 0 Å². The fourth-order valence-corrected chi connectivity index (χ4v) is 2.87. The normalized spacial score (nSPS) is 17.2. The van der Waals surface area contributed by atoms with Crippen molar-refractivity contribution in [2.45, 2.75) is 12.6 Å². The molecule has 9 nitrogen and oxygen atoms in total. The fraction of sp³-hybridized carbons (Fsp3) is 0.438. The summed E-state index contributed by atoms with van der Waals surface area (Å²) in [6.07, 6.45) is 0. The lowest BCUT2D eigenvalue weighted by Crippen LogP contribution is -2.64. The van der Waals surface area contributed by atoms with Gasteiger partial charge in [-0.1, -0.05) is 6.07 Å². The van der Waals surface area contributed by atoms with Gasteiger partial charge in [-0.3, -0.25) is 9.69 Å². The van der Waals surface area contributed by atoms with Crippen molar-refractivity contribution in [2.24, 2.45) is 0 Å². The van der Waals surface area contributed by atoms with Crippen molar-refractivity contribution in [3.05, 3.63) is 23.8 Å². The van der Waals surface area contributed by atoms with E-state index >= 15 is 0 Å². The van der Waals surface area contributed by atoms with Crippen LogP contribution >= 0.6 is 0 Å². The molecule has 1 aromatic carbocycles. The Balaban J connectivity index is 1.49. The van der Waals surface area contributed by atoms with Gasteiger partial charge in [-0.15, -0.1) is 0 Å². The number of benzene rings is 1. The van der Waals surface area contributed by atoms with E-state index in [0.29, 0.717) is 31.1 Å². The summed E-state index contributed by atoms with van der Waals surface area (Å²) in [6, 6.07) is 4.54. The quantitative estimate of drug-likeness (QED) is 0.738. The molecule has 0 unspecified atom stereocenters. The molecule has 0 saturated carbocycles. The van der Waals surface area contributed by atoms with Gasteiger partial charge in [0.15, 0.2) is 11.5 Å². The Morgan fingerprint density at radius 1 is 1.24 bits per heavy atom. The lowest BCUT2D eigenvalue weighted by molar-refractivity contribution is -0.128. The molecule has 0 atom stereocenters. The summed E-state index contributed by atoms with van der Waals surface area (Å²) in [5.74, 6) is 0.967. The average Bonchev–Trinajstić information content (AvgIpc) is 2.90. The van der Waals surface area contributed by atoms with Crippen LogP contribution in [0.4, 0.5) is 9.59 Å². The molecule has 2 N–H and O–H groups in total. The van der Waals surface area contributed by atoms with Crippen LogP contribution < -0.4 is 20.1 Å². The lowest BCUT2D eigenvalue weighted by atomic mass is 10.1. The Morgan fingerprint density at radius 2 is 1.96 bits per heavy atom. The predicted octanol–water partition coefficient (Wildman–Crippen LogP) is 0.149. The first-order valence-electron chi connectivity index (χ1n) is 7.87. The smallest absolute Gasteiger partial charge is 0.324 e. The van der Waals surface area contributed by atoms with E-state index in [9.17, 15) is 14.4 Å². The number of likely N-dealkylation sites (tertiary alicyclic amines) is 1. The van der Waals surface area contributed by atoms with Crippen LogP contribution in [0.1, 0.15) is 5.56 Å². The zero-order valence-electron chi connectivity index (χ0n) is 14.1. The maximum atomic E-state index is 12.2. The molecular weight excluding hydrogens is 328 g/mol. The summed E-state index contributed by atoms with van der Waals surface area (Å²) in [6.45, 7) is 1.05. The van der Waals surface area contributed by atoms with Gasteiger partial charge in [-0.25, -0.2) is 9.59 Å². The van der Waals surface area contributed by atoms with Crippen molar-refractivity contribution >= 4 is 18.0 Å². The molecule has 2 aliphatic heterocycles. The van der Waals surface area contributed by atoms with E-state index in [1.165, 1.54) is 4.90 Å². The molecule has 25 heavy (non-hydrogen) atoms. The van der Waals surface area contributed by atoms with Gasteiger partial charge in [0.25, 0.3) is 0 Å². The number of carbonyl (C=O) groups is 3. The van der Waals surface area contributed by atoms with E-state index in [1.807, 2.05) is 6.07 Å². The van der Waals surface area contributed by atoms with Gasteiger partial charge < -0.3 is 25.0 Å². The Bertz CT molecular complexity index is 686. The van der Waals surface area contributed by atoms with Crippen molar-refractivity contribution in [1.82, 2.24) is 20.4 Å². The largest absolute Gasteiger partial charge is 0.493 e. The molecule has 1 aromatic rings. The van der Waals surface area contributed by atoms with Crippen LogP contribution in [0.3, 0.4) is 0 Å². The minimum absolute atomic E-state index is 0.0286. The Morgan fingerprint density at radius 3 is 2.56 bits per heavy atom. The number of methoxy groups -OCH3 is 2. The molecule has 3 rings (SSSR count). The number of imide groups is 1. The lowest BCUT2D eigenvalue weighted by Gasteiger charge is -2.42. The zero-order chi connectivity index (χ0) is 18.0. The van der Waals surface area contributed by atoms with Crippen molar-refractivity contribution in [2.75, 3.05) is 33.9 Å². The predicted molar refractivity (Wildman–Crippen MR) is 87.4 cm³/mol. The zero-order valence-corrected chi connectivity index (χ0v) is 14.1. The van der Waals surface area contributed by atoms with Crippen LogP contribution in [0.5, 0.6) is 11.5 Å². The maximum Gasteiger partial charge on any atom is 0.324 e. The second-order valence-electron chi connectivity index (χ2n) is 5.83. The Hall–Kier alpha value is -2.97. The van der Waals surface area contributed by atoms with Crippen molar-refractivity contribution < 1.29 is 23.9 Å². The summed E-state index contributed by atoms with van der Waals surface area (Å²) in [5.41, 5.74) is 0.872. The summed E-state index contributed by atoms with van der Waals surface area (Å²) in [7, 11) is 3.11. The minimum Gasteiger partial charge on any atom is -0.493 e. The number of hydrogen-bond acceptors (Lipinski definition) is 5.